The lowest BCUT2D eigenvalue weighted by Gasteiger charge is -2.35. The van der Waals surface area contributed by atoms with Gasteiger partial charge in [-0.05, 0) is 41.5 Å². The summed E-state index contributed by atoms with van der Waals surface area (Å²) in [5.74, 6) is 0.726. The maximum atomic E-state index is 13.0. The third kappa shape index (κ3) is 3.76. The van der Waals surface area contributed by atoms with Crippen LogP contribution in [0.15, 0.2) is 84.9 Å². The highest BCUT2D eigenvalue weighted by Crippen LogP contribution is 2.35. The van der Waals surface area contributed by atoms with E-state index in [9.17, 15) is 4.79 Å². The molecule has 1 heterocycles. The number of benzene rings is 3. The Bertz CT molecular complexity index is 998. The van der Waals surface area contributed by atoms with Gasteiger partial charge in [-0.15, -0.1) is 0 Å². The summed E-state index contributed by atoms with van der Waals surface area (Å²) in [4.78, 5) is 14.9. The fourth-order valence-electron chi connectivity index (χ4n) is 3.43. The minimum Gasteiger partial charge on any atom is -0.497 e. The van der Waals surface area contributed by atoms with Gasteiger partial charge in [-0.1, -0.05) is 54.6 Å². The molecule has 3 aromatic rings. The fourth-order valence-corrected chi connectivity index (χ4v) is 3.43. The fraction of sp³-hybridized carbons (Fsp3) is 0.125. The Hall–Kier alpha value is -3.53. The van der Waals surface area contributed by atoms with Crippen LogP contribution in [0, 0.1) is 0 Å². The highest BCUT2D eigenvalue weighted by atomic mass is 16.5. The average Bonchev–Trinajstić information content (AvgIpc) is 2.77. The summed E-state index contributed by atoms with van der Waals surface area (Å²) >= 11 is 0. The number of hydrogen-bond donors (Lipinski definition) is 1. The van der Waals surface area contributed by atoms with Crippen LogP contribution in [0.2, 0.25) is 0 Å². The Labute approximate surface area is 165 Å². The topological polar surface area (TPSA) is 41.6 Å². The van der Waals surface area contributed by atoms with Gasteiger partial charge < -0.3 is 15.0 Å². The molecule has 140 valence electrons. The smallest absolute Gasteiger partial charge is 0.251 e. The number of amides is 1. The van der Waals surface area contributed by atoms with Gasteiger partial charge >= 0.3 is 0 Å². The standard InChI is InChI=1S/C24H22N2O2/c1-28-20-11-7-8-18(16-20)14-15-24(27)26-17-22(19-9-3-2-4-10-19)25-21-12-5-6-13-23(21)26/h2-16,22,25H,17H2,1H3/b15-14+. The van der Waals surface area contributed by atoms with Crippen molar-refractivity contribution in [3.8, 4) is 5.75 Å². The van der Waals surface area contributed by atoms with Gasteiger partial charge in [0.25, 0.3) is 5.91 Å². The lowest BCUT2D eigenvalue weighted by molar-refractivity contribution is -0.114. The predicted molar refractivity (Wildman–Crippen MR) is 114 cm³/mol. The van der Waals surface area contributed by atoms with Crippen molar-refractivity contribution in [2.24, 2.45) is 0 Å². The van der Waals surface area contributed by atoms with Gasteiger partial charge in [0.15, 0.2) is 0 Å². The van der Waals surface area contributed by atoms with E-state index in [4.69, 9.17) is 4.74 Å². The zero-order valence-electron chi connectivity index (χ0n) is 15.7. The second-order valence-electron chi connectivity index (χ2n) is 6.68. The van der Waals surface area contributed by atoms with Crippen LogP contribution in [-0.4, -0.2) is 19.6 Å². The Balaban J connectivity index is 1.61. The second kappa shape index (κ2) is 8.01. The normalized spacial score (nSPS) is 15.8. The largest absolute Gasteiger partial charge is 0.497 e. The molecule has 0 radical (unpaired) electrons. The number of nitrogens with zero attached hydrogens (tertiary/aromatic N) is 1. The van der Waals surface area contributed by atoms with Crippen molar-refractivity contribution in [1.82, 2.24) is 0 Å². The molecule has 1 atom stereocenters. The molecule has 0 aromatic heterocycles. The third-order valence-corrected chi connectivity index (χ3v) is 4.87. The van der Waals surface area contributed by atoms with Crippen molar-refractivity contribution in [3.63, 3.8) is 0 Å². The maximum absolute atomic E-state index is 13.0. The van der Waals surface area contributed by atoms with Crippen LogP contribution in [-0.2, 0) is 4.79 Å². The molecule has 0 bridgehead atoms. The van der Waals surface area contributed by atoms with Gasteiger partial charge in [-0.2, -0.15) is 0 Å². The highest BCUT2D eigenvalue weighted by molar-refractivity contribution is 6.06. The minimum absolute atomic E-state index is 0.0438. The molecule has 4 nitrogen and oxygen atoms in total. The third-order valence-electron chi connectivity index (χ3n) is 4.87. The van der Waals surface area contributed by atoms with Crippen molar-refractivity contribution in [2.75, 3.05) is 23.9 Å². The first-order valence-corrected chi connectivity index (χ1v) is 9.29. The summed E-state index contributed by atoms with van der Waals surface area (Å²) in [6.45, 7) is 0.572. The van der Waals surface area contributed by atoms with Crippen LogP contribution in [0.1, 0.15) is 17.2 Å². The van der Waals surface area contributed by atoms with Crippen LogP contribution < -0.4 is 15.0 Å². The van der Waals surface area contributed by atoms with Crippen molar-refractivity contribution in [3.05, 3.63) is 96.1 Å². The number of fused-ring (bicyclic) bond motifs is 1. The summed E-state index contributed by atoms with van der Waals surface area (Å²) in [6.07, 6.45) is 3.45. The van der Waals surface area contributed by atoms with E-state index in [1.807, 2.05) is 77.7 Å². The number of carbonyl (C=O) groups is 1. The number of rotatable bonds is 4. The first-order valence-electron chi connectivity index (χ1n) is 9.29. The Kier molecular flexibility index (Phi) is 5.11. The van der Waals surface area contributed by atoms with E-state index < -0.39 is 0 Å². The zero-order valence-corrected chi connectivity index (χ0v) is 15.7. The number of nitrogens with one attached hydrogen (secondary N) is 1. The van der Waals surface area contributed by atoms with E-state index in [0.29, 0.717) is 6.54 Å². The number of carbonyl (C=O) groups excluding carboxylic acids is 1. The molecule has 4 rings (SSSR count). The quantitative estimate of drug-likeness (QED) is 0.664. The lowest BCUT2D eigenvalue weighted by atomic mass is 10.0. The van der Waals surface area contributed by atoms with Crippen LogP contribution >= 0.6 is 0 Å². The molecule has 1 aliphatic heterocycles. The summed E-state index contributed by atoms with van der Waals surface area (Å²) in [5.41, 5.74) is 3.95. The minimum atomic E-state index is -0.0438. The Morgan fingerprint density at radius 2 is 1.82 bits per heavy atom. The molecular weight excluding hydrogens is 348 g/mol. The molecule has 0 saturated carbocycles. The SMILES string of the molecule is COc1cccc(/C=C/C(=O)N2CC(c3ccccc3)Nc3ccccc32)c1. The van der Waals surface area contributed by atoms with E-state index in [1.165, 1.54) is 0 Å². The van der Waals surface area contributed by atoms with E-state index in [-0.39, 0.29) is 11.9 Å². The number of hydrogen-bond acceptors (Lipinski definition) is 3. The molecule has 1 unspecified atom stereocenters. The molecule has 1 amide bonds. The van der Waals surface area contributed by atoms with E-state index >= 15 is 0 Å². The van der Waals surface area contributed by atoms with Gasteiger partial charge in [0.1, 0.15) is 5.75 Å². The summed E-state index contributed by atoms with van der Waals surface area (Å²) < 4.78 is 5.25. The first kappa shape index (κ1) is 17.9. The molecular formula is C24H22N2O2. The van der Waals surface area contributed by atoms with Crippen molar-refractivity contribution in [1.29, 1.82) is 0 Å². The van der Waals surface area contributed by atoms with Crippen molar-refractivity contribution in [2.45, 2.75) is 6.04 Å². The first-order chi connectivity index (χ1) is 13.7. The molecule has 4 heteroatoms. The second-order valence-corrected chi connectivity index (χ2v) is 6.68. The van der Waals surface area contributed by atoms with Crippen LogP contribution in [0.4, 0.5) is 11.4 Å². The van der Waals surface area contributed by atoms with Crippen LogP contribution in [0.5, 0.6) is 5.75 Å². The van der Waals surface area contributed by atoms with Gasteiger partial charge in [0, 0.05) is 6.08 Å². The van der Waals surface area contributed by atoms with Gasteiger partial charge in [-0.25, -0.2) is 0 Å². The van der Waals surface area contributed by atoms with Gasteiger partial charge in [0.05, 0.1) is 31.1 Å². The number of anilines is 2. The summed E-state index contributed by atoms with van der Waals surface area (Å²) in [7, 11) is 1.63. The average molecular weight is 370 g/mol. The molecule has 1 N–H and O–H groups in total. The summed E-state index contributed by atoms with van der Waals surface area (Å²) in [5, 5.41) is 3.55. The number of para-hydroxylation sites is 2. The summed E-state index contributed by atoms with van der Waals surface area (Å²) in [6, 6.07) is 25.8. The molecule has 1 aliphatic rings. The molecule has 0 saturated heterocycles. The lowest BCUT2D eigenvalue weighted by Crippen LogP contribution is -2.39. The monoisotopic (exact) mass is 370 g/mol. The molecule has 28 heavy (non-hydrogen) atoms. The van der Waals surface area contributed by atoms with Gasteiger partial charge in [-0.3, -0.25) is 4.79 Å². The predicted octanol–water partition coefficient (Wildman–Crippen LogP) is 4.91. The van der Waals surface area contributed by atoms with Crippen LogP contribution in [0.3, 0.4) is 0 Å². The molecule has 0 spiro atoms. The van der Waals surface area contributed by atoms with Crippen molar-refractivity contribution >= 4 is 23.4 Å². The van der Waals surface area contributed by atoms with E-state index in [0.717, 1.165) is 28.3 Å². The zero-order chi connectivity index (χ0) is 19.3. The molecule has 3 aromatic carbocycles. The van der Waals surface area contributed by atoms with Crippen molar-refractivity contribution < 1.29 is 9.53 Å². The maximum Gasteiger partial charge on any atom is 0.251 e. The number of ether oxygens (including phenoxy) is 1. The molecule has 0 fully saturated rings. The molecule has 0 aliphatic carbocycles. The Morgan fingerprint density at radius 3 is 2.64 bits per heavy atom. The van der Waals surface area contributed by atoms with E-state index in [1.54, 1.807) is 13.2 Å². The number of methoxy groups -OCH3 is 1. The van der Waals surface area contributed by atoms with E-state index in [2.05, 4.69) is 17.4 Å². The highest BCUT2D eigenvalue weighted by Gasteiger charge is 2.27. The van der Waals surface area contributed by atoms with Crippen LogP contribution in [0.25, 0.3) is 6.08 Å². The van der Waals surface area contributed by atoms with Gasteiger partial charge in [0.2, 0.25) is 0 Å². The Morgan fingerprint density at radius 1 is 1.04 bits per heavy atom.